The first kappa shape index (κ1) is 20.0. The van der Waals surface area contributed by atoms with Crippen LogP contribution in [0, 0.1) is 0 Å². The lowest BCUT2D eigenvalue weighted by molar-refractivity contribution is -0.0871. The SMILES string of the molecule is CCOC1C(OC)C(n2ccc(=O)[nH]c2=O)OC1[C@@H](C)OP(=O)(O)O. The van der Waals surface area contributed by atoms with Crippen LogP contribution < -0.4 is 11.2 Å². The van der Waals surface area contributed by atoms with E-state index >= 15 is 0 Å². The van der Waals surface area contributed by atoms with Gasteiger partial charge in [-0.2, -0.15) is 0 Å². The number of ether oxygens (including phenoxy) is 3. The molecule has 25 heavy (non-hydrogen) atoms. The predicted octanol–water partition coefficient (Wildman–Crippen LogP) is -0.648. The number of methoxy groups -OCH3 is 1. The quantitative estimate of drug-likeness (QED) is 0.525. The van der Waals surface area contributed by atoms with Crippen LogP contribution in [0.15, 0.2) is 21.9 Å². The summed E-state index contributed by atoms with van der Waals surface area (Å²) in [7, 11) is -3.36. The van der Waals surface area contributed by atoms with E-state index in [1.54, 1.807) is 6.92 Å². The number of nitrogens with zero attached hydrogens (tertiary/aromatic N) is 1. The van der Waals surface area contributed by atoms with Gasteiger partial charge in [0.15, 0.2) is 6.23 Å². The molecule has 4 unspecified atom stereocenters. The predicted molar refractivity (Wildman–Crippen MR) is 84.0 cm³/mol. The van der Waals surface area contributed by atoms with Gasteiger partial charge in [0.1, 0.15) is 18.3 Å². The zero-order chi connectivity index (χ0) is 18.8. The second-order valence-corrected chi connectivity index (χ2v) is 6.62. The highest BCUT2D eigenvalue weighted by Crippen LogP contribution is 2.42. The van der Waals surface area contributed by atoms with E-state index in [1.807, 2.05) is 0 Å². The summed E-state index contributed by atoms with van der Waals surface area (Å²) >= 11 is 0. The van der Waals surface area contributed by atoms with E-state index in [0.29, 0.717) is 0 Å². The van der Waals surface area contributed by atoms with Gasteiger partial charge in [-0.3, -0.25) is 18.9 Å². The lowest BCUT2D eigenvalue weighted by Gasteiger charge is -2.26. The summed E-state index contributed by atoms with van der Waals surface area (Å²) in [5.41, 5.74) is -1.27. The number of aromatic nitrogens is 2. The van der Waals surface area contributed by atoms with Gasteiger partial charge in [0.2, 0.25) is 0 Å². The largest absolute Gasteiger partial charge is 0.469 e. The van der Waals surface area contributed by atoms with Crippen LogP contribution in [0.25, 0.3) is 0 Å². The van der Waals surface area contributed by atoms with E-state index in [0.717, 1.165) is 10.6 Å². The van der Waals surface area contributed by atoms with Crippen molar-refractivity contribution in [2.24, 2.45) is 0 Å². The van der Waals surface area contributed by atoms with Gasteiger partial charge in [0.05, 0.1) is 6.10 Å². The Morgan fingerprint density at radius 1 is 1.40 bits per heavy atom. The monoisotopic (exact) mass is 380 g/mol. The topological polar surface area (TPSA) is 149 Å². The first-order valence-corrected chi connectivity index (χ1v) is 9.06. The van der Waals surface area contributed by atoms with Crippen LogP contribution in [0.4, 0.5) is 0 Å². The van der Waals surface area contributed by atoms with E-state index in [4.69, 9.17) is 24.0 Å². The van der Waals surface area contributed by atoms with Crippen molar-refractivity contribution < 1.29 is 33.1 Å². The third-order valence-electron chi connectivity index (χ3n) is 3.75. The van der Waals surface area contributed by atoms with E-state index in [9.17, 15) is 14.2 Å². The van der Waals surface area contributed by atoms with Gasteiger partial charge < -0.3 is 24.0 Å². The van der Waals surface area contributed by atoms with Gasteiger partial charge in [-0.25, -0.2) is 9.36 Å². The number of phosphoric acid groups is 1. The Balaban J connectivity index is 2.37. The molecule has 12 heteroatoms. The molecule has 1 aliphatic rings. The van der Waals surface area contributed by atoms with E-state index < -0.39 is 49.7 Å². The van der Waals surface area contributed by atoms with Crippen molar-refractivity contribution in [1.29, 1.82) is 0 Å². The molecule has 1 aromatic rings. The molecule has 0 saturated carbocycles. The first-order chi connectivity index (χ1) is 11.7. The molecule has 5 atom stereocenters. The van der Waals surface area contributed by atoms with Crippen LogP contribution in [0.3, 0.4) is 0 Å². The van der Waals surface area contributed by atoms with Gasteiger partial charge in [-0.15, -0.1) is 0 Å². The lowest BCUT2D eigenvalue weighted by atomic mass is 10.1. The maximum Gasteiger partial charge on any atom is 0.469 e. The summed E-state index contributed by atoms with van der Waals surface area (Å²) in [5.74, 6) is 0. The molecule has 1 saturated heterocycles. The summed E-state index contributed by atoms with van der Waals surface area (Å²) < 4.78 is 33.7. The van der Waals surface area contributed by atoms with Crippen LogP contribution in [0.1, 0.15) is 20.1 Å². The molecular formula is C13H21N2O9P. The van der Waals surface area contributed by atoms with Crippen molar-refractivity contribution in [2.75, 3.05) is 13.7 Å². The van der Waals surface area contributed by atoms with Gasteiger partial charge in [0.25, 0.3) is 5.56 Å². The molecule has 0 aliphatic carbocycles. The normalized spacial score (nSPS) is 28.2. The molecule has 3 N–H and O–H groups in total. The molecule has 1 aliphatic heterocycles. The summed E-state index contributed by atoms with van der Waals surface area (Å²) in [6.07, 6.45) is -3.20. The minimum Gasteiger partial charge on any atom is -0.374 e. The van der Waals surface area contributed by atoms with Gasteiger partial charge in [-0.05, 0) is 13.8 Å². The standard InChI is InChI=1S/C13H21N2O9P/c1-4-22-10-9(7(2)24-25(18,19)20)23-12(11(10)21-3)15-6-5-8(16)14-13(15)17/h5-7,9-12H,4H2,1-3H3,(H,14,16,17)(H2,18,19,20)/t7-,9?,10?,11?,12?/m1/s1. The molecule has 0 radical (unpaired) electrons. The third-order valence-corrected chi connectivity index (χ3v) is 4.36. The highest BCUT2D eigenvalue weighted by molar-refractivity contribution is 7.46. The Bertz CT molecular complexity index is 742. The number of nitrogens with one attached hydrogen (secondary N) is 1. The molecule has 0 aromatic carbocycles. The summed E-state index contributed by atoms with van der Waals surface area (Å²) in [6, 6.07) is 1.15. The van der Waals surface area contributed by atoms with Crippen molar-refractivity contribution >= 4 is 7.82 Å². The maximum atomic E-state index is 12.0. The first-order valence-electron chi connectivity index (χ1n) is 7.53. The number of hydrogen-bond acceptors (Lipinski definition) is 7. The van der Waals surface area contributed by atoms with E-state index in [1.165, 1.54) is 20.2 Å². The van der Waals surface area contributed by atoms with Crippen molar-refractivity contribution in [1.82, 2.24) is 9.55 Å². The van der Waals surface area contributed by atoms with Crippen molar-refractivity contribution in [3.63, 3.8) is 0 Å². The zero-order valence-corrected chi connectivity index (χ0v) is 14.8. The maximum absolute atomic E-state index is 12.0. The van der Waals surface area contributed by atoms with Crippen molar-refractivity contribution in [3.05, 3.63) is 33.1 Å². The fourth-order valence-corrected chi connectivity index (χ4v) is 3.36. The smallest absolute Gasteiger partial charge is 0.374 e. The highest BCUT2D eigenvalue weighted by Gasteiger charge is 2.50. The summed E-state index contributed by atoms with van der Waals surface area (Å²) in [5, 5.41) is 0. The van der Waals surface area contributed by atoms with Gasteiger partial charge in [-0.1, -0.05) is 0 Å². The van der Waals surface area contributed by atoms with Crippen LogP contribution in [0.2, 0.25) is 0 Å². The Morgan fingerprint density at radius 2 is 2.08 bits per heavy atom. The number of H-pyrrole nitrogens is 1. The van der Waals surface area contributed by atoms with Crippen molar-refractivity contribution in [2.45, 2.75) is 44.5 Å². The number of hydrogen-bond donors (Lipinski definition) is 3. The molecule has 2 heterocycles. The Morgan fingerprint density at radius 3 is 2.60 bits per heavy atom. The molecule has 0 bridgehead atoms. The Hall–Kier alpha value is -1.33. The summed E-state index contributed by atoms with van der Waals surface area (Å²) in [4.78, 5) is 43.4. The second-order valence-electron chi connectivity index (χ2n) is 5.43. The molecular weight excluding hydrogens is 359 g/mol. The average molecular weight is 380 g/mol. The fourth-order valence-electron chi connectivity index (χ4n) is 2.80. The second kappa shape index (κ2) is 7.92. The van der Waals surface area contributed by atoms with E-state index in [-0.39, 0.29) is 6.61 Å². The van der Waals surface area contributed by atoms with Crippen LogP contribution >= 0.6 is 7.82 Å². The summed E-state index contributed by atoms with van der Waals surface area (Å²) in [6.45, 7) is 3.43. The zero-order valence-electron chi connectivity index (χ0n) is 13.9. The van der Waals surface area contributed by atoms with Crippen LogP contribution in [-0.4, -0.2) is 57.5 Å². The molecule has 142 valence electrons. The minimum atomic E-state index is -4.75. The van der Waals surface area contributed by atoms with Gasteiger partial charge in [0, 0.05) is 26.0 Å². The fraction of sp³-hybridized carbons (Fsp3) is 0.692. The highest BCUT2D eigenvalue weighted by atomic mass is 31.2. The van der Waals surface area contributed by atoms with Crippen LogP contribution in [-0.2, 0) is 23.3 Å². The van der Waals surface area contributed by atoms with Crippen LogP contribution in [0.5, 0.6) is 0 Å². The molecule has 0 spiro atoms. The Kier molecular flexibility index (Phi) is 6.33. The lowest BCUT2D eigenvalue weighted by Crippen LogP contribution is -2.42. The minimum absolute atomic E-state index is 0.278. The number of aromatic amines is 1. The number of phosphoric ester groups is 1. The van der Waals surface area contributed by atoms with Crippen molar-refractivity contribution in [3.8, 4) is 0 Å². The molecule has 1 aromatic heterocycles. The molecule has 1 fully saturated rings. The van der Waals surface area contributed by atoms with E-state index in [2.05, 4.69) is 9.51 Å². The Labute approximate surface area is 142 Å². The molecule has 11 nitrogen and oxygen atoms in total. The van der Waals surface area contributed by atoms with Gasteiger partial charge >= 0.3 is 13.5 Å². The average Bonchev–Trinajstić information content (AvgIpc) is 2.84. The number of rotatable bonds is 7. The third kappa shape index (κ3) is 4.64. The molecule has 2 rings (SSSR count). The molecule has 0 amide bonds.